The van der Waals surface area contributed by atoms with Crippen LogP contribution in [0.5, 0.6) is 5.75 Å². The molecule has 8 nitrogen and oxygen atoms in total. The van der Waals surface area contributed by atoms with E-state index in [2.05, 4.69) is 0 Å². The average molecular weight is 425 g/mol. The van der Waals surface area contributed by atoms with E-state index in [1.807, 2.05) is 23.8 Å². The maximum atomic E-state index is 11.9. The highest BCUT2D eigenvalue weighted by atomic mass is 32.2. The van der Waals surface area contributed by atoms with Gasteiger partial charge in [0.15, 0.2) is 0 Å². The number of aliphatic hydroxyl groups is 1. The van der Waals surface area contributed by atoms with Gasteiger partial charge >= 0.3 is 20.3 Å². The lowest BCUT2D eigenvalue weighted by atomic mass is 9.99. The van der Waals surface area contributed by atoms with E-state index in [-0.39, 0.29) is 0 Å². The number of anilines is 1. The second-order valence-corrected chi connectivity index (χ2v) is 9.74. The first-order chi connectivity index (χ1) is 12.9. The van der Waals surface area contributed by atoms with Crippen molar-refractivity contribution in [3.63, 3.8) is 0 Å². The molecule has 0 amide bonds. The predicted octanol–water partition coefficient (Wildman–Crippen LogP) is 2.24. The molecule has 28 heavy (non-hydrogen) atoms. The maximum Gasteiger partial charge on any atom is 0.330 e. The molecule has 0 fully saturated rings. The Kier molecular flexibility index (Phi) is 5.02. The molecule has 1 heterocycles. The second-order valence-electron chi connectivity index (χ2n) is 6.62. The Morgan fingerprint density at radius 3 is 2.32 bits per heavy atom. The second kappa shape index (κ2) is 7.02. The van der Waals surface area contributed by atoms with Crippen molar-refractivity contribution < 1.29 is 26.1 Å². The average Bonchev–Trinajstić information content (AvgIpc) is 2.83. The van der Waals surface area contributed by atoms with Crippen molar-refractivity contribution in [3.8, 4) is 5.75 Å². The van der Waals surface area contributed by atoms with Crippen LogP contribution in [0, 0.1) is 13.8 Å². The standard InChI is InChI=1S/C18H20N2O6S2/c1-12-8-13(2)18(26-27(3,22)23)15(9-12)10-14-4-6-16(7-5-14)20-11-17(21)19-28(20,24)25/h4-9,11,19,21H,10H2,1-3H3. The SMILES string of the molecule is Cc1cc(C)c(OS(C)(=O)=O)c(Cc2ccc(N3C=C(O)NS3(=O)=O)cc2)c1. The van der Waals surface area contributed by atoms with Gasteiger partial charge in [-0.3, -0.25) is 0 Å². The molecular formula is C18H20N2O6S2. The molecule has 150 valence electrons. The Morgan fingerprint density at radius 1 is 1.14 bits per heavy atom. The molecule has 2 N–H and O–H groups in total. The van der Waals surface area contributed by atoms with Crippen LogP contribution in [-0.2, 0) is 26.7 Å². The third-order valence-corrected chi connectivity index (χ3v) is 5.82. The van der Waals surface area contributed by atoms with Gasteiger partial charge in [0.1, 0.15) is 5.75 Å². The molecule has 0 aliphatic carbocycles. The summed E-state index contributed by atoms with van der Waals surface area (Å²) in [6.07, 6.45) is 2.48. The third-order valence-electron chi connectivity index (χ3n) is 4.05. The number of rotatable bonds is 5. The lowest BCUT2D eigenvalue weighted by Crippen LogP contribution is -2.29. The molecule has 0 atom stereocenters. The van der Waals surface area contributed by atoms with E-state index < -0.39 is 26.2 Å². The molecule has 1 aliphatic heterocycles. The van der Waals surface area contributed by atoms with Crippen LogP contribution in [0.2, 0.25) is 0 Å². The number of nitrogens with one attached hydrogen (secondary N) is 1. The quantitative estimate of drug-likeness (QED) is 0.712. The number of aryl methyl sites for hydroxylation is 2. The van der Waals surface area contributed by atoms with Crippen LogP contribution < -0.4 is 13.2 Å². The monoisotopic (exact) mass is 424 g/mol. The summed E-state index contributed by atoms with van der Waals surface area (Å²) in [6.45, 7) is 3.69. The molecule has 0 aromatic heterocycles. The third kappa shape index (κ3) is 4.39. The normalized spacial score (nSPS) is 15.8. The van der Waals surface area contributed by atoms with Gasteiger partial charge in [0.25, 0.3) is 0 Å². The molecular weight excluding hydrogens is 404 g/mol. The van der Waals surface area contributed by atoms with E-state index in [4.69, 9.17) is 4.18 Å². The highest BCUT2D eigenvalue weighted by Crippen LogP contribution is 2.30. The largest absolute Gasteiger partial charge is 0.493 e. The van der Waals surface area contributed by atoms with Crippen LogP contribution in [0.15, 0.2) is 48.5 Å². The van der Waals surface area contributed by atoms with Crippen LogP contribution in [0.4, 0.5) is 5.69 Å². The zero-order chi connectivity index (χ0) is 20.7. The Hall–Kier alpha value is -2.72. The summed E-state index contributed by atoms with van der Waals surface area (Å²) in [5.41, 5.74) is 3.59. The lowest BCUT2D eigenvalue weighted by Gasteiger charge is -2.16. The van der Waals surface area contributed by atoms with E-state index in [0.717, 1.165) is 27.9 Å². The van der Waals surface area contributed by atoms with Crippen molar-refractivity contribution in [3.05, 3.63) is 70.7 Å². The van der Waals surface area contributed by atoms with E-state index in [1.165, 1.54) is 0 Å². The Balaban J connectivity index is 1.91. The van der Waals surface area contributed by atoms with Crippen molar-refractivity contribution in [2.24, 2.45) is 0 Å². The summed E-state index contributed by atoms with van der Waals surface area (Å²) in [4.78, 5) is 0. The molecule has 2 aromatic rings. The minimum absolute atomic E-state index is 0.302. The van der Waals surface area contributed by atoms with Crippen molar-refractivity contribution in [1.82, 2.24) is 4.72 Å². The highest BCUT2D eigenvalue weighted by Gasteiger charge is 2.28. The van der Waals surface area contributed by atoms with E-state index in [1.54, 1.807) is 31.2 Å². The number of benzene rings is 2. The smallest absolute Gasteiger partial charge is 0.330 e. The van der Waals surface area contributed by atoms with Gasteiger partial charge in [-0.2, -0.15) is 16.8 Å². The van der Waals surface area contributed by atoms with E-state index >= 15 is 0 Å². The first kappa shape index (κ1) is 20.0. The topological polar surface area (TPSA) is 113 Å². The molecule has 0 saturated heterocycles. The zero-order valence-electron chi connectivity index (χ0n) is 15.5. The van der Waals surface area contributed by atoms with Gasteiger partial charge in [-0.25, -0.2) is 9.03 Å². The first-order valence-electron chi connectivity index (χ1n) is 8.26. The van der Waals surface area contributed by atoms with Gasteiger partial charge in [-0.15, -0.1) is 0 Å². The summed E-state index contributed by atoms with van der Waals surface area (Å²) >= 11 is 0. The van der Waals surface area contributed by atoms with Gasteiger partial charge < -0.3 is 9.29 Å². The molecule has 10 heteroatoms. The van der Waals surface area contributed by atoms with Crippen molar-refractivity contribution >= 4 is 26.0 Å². The fourth-order valence-electron chi connectivity index (χ4n) is 3.03. The molecule has 1 aliphatic rings. The highest BCUT2D eigenvalue weighted by molar-refractivity contribution is 7.91. The summed E-state index contributed by atoms with van der Waals surface area (Å²) in [7, 11) is -7.52. The van der Waals surface area contributed by atoms with Crippen LogP contribution in [0.25, 0.3) is 0 Å². The minimum Gasteiger partial charge on any atom is -0.493 e. The first-order valence-corrected chi connectivity index (χ1v) is 11.5. The Labute approximate surface area is 164 Å². The number of nitrogens with zero attached hydrogens (tertiary/aromatic N) is 1. The number of hydrogen-bond donors (Lipinski definition) is 2. The molecule has 0 radical (unpaired) electrons. The van der Waals surface area contributed by atoms with E-state index in [0.29, 0.717) is 29.0 Å². The van der Waals surface area contributed by atoms with Gasteiger partial charge in [0.2, 0.25) is 5.88 Å². The minimum atomic E-state index is -3.85. The number of hydrogen-bond acceptors (Lipinski definition) is 6. The predicted molar refractivity (Wildman–Crippen MR) is 106 cm³/mol. The lowest BCUT2D eigenvalue weighted by molar-refractivity contribution is 0.392. The fourth-order valence-corrected chi connectivity index (χ4v) is 4.62. The molecule has 2 aromatic carbocycles. The molecule has 3 rings (SSSR count). The molecule has 0 bridgehead atoms. The molecule has 0 spiro atoms. The van der Waals surface area contributed by atoms with Gasteiger partial charge in [-0.1, -0.05) is 29.8 Å². The van der Waals surface area contributed by atoms with Crippen molar-refractivity contribution in [2.45, 2.75) is 20.3 Å². The Bertz CT molecular complexity index is 1150. The van der Waals surface area contributed by atoms with Gasteiger partial charge in [-0.05, 0) is 37.1 Å². The molecule has 0 unspecified atom stereocenters. The number of aliphatic hydroxyl groups excluding tert-OH is 1. The van der Waals surface area contributed by atoms with Crippen LogP contribution in [-0.4, -0.2) is 28.2 Å². The van der Waals surface area contributed by atoms with E-state index in [9.17, 15) is 21.9 Å². The van der Waals surface area contributed by atoms with Gasteiger partial charge in [0.05, 0.1) is 18.1 Å². The van der Waals surface area contributed by atoms with Crippen molar-refractivity contribution in [2.75, 3.05) is 10.6 Å². The van der Waals surface area contributed by atoms with Crippen LogP contribution in [0.1, 0.15) is 22.3 Å². The summed E-state index contributed by atoms with van der Waals surface area (Å²) in [5, 5.41) is 9.39. The summed E-state index contributed by atoms with van der Waals surface area (Å²) < 4.78 is 55.2. The van der Waals surface area contributed by atoms with Crippen molar-refractivity contribution in [1.29, 1.82) is 0 Å². The maximum absolute atomic E-state index is 11.9. The summed E-state index contributed by atoms with van der Waals surface area (Å²) in [6, 6.07) is 10.4. The zero-order valence-corrected chi connectivity index (χ0v) is 17.1. The summed E-state index contributed by atoms with van der Waals surface area (Å²) in [5.74, 6) is -0.154. The Morgan fingerprint density at radius 2 is 1.79 bits per heavy atom. The van der Waals surface area contributed by atoms with Crippen LogP contribution in [0.3, 0.4) is 0 Å². The fraction of sp³-hybridized carbons (Fsp3) is 0.222. The van der Waals surface area contributed by atoms with Gasteiger partial charge in [0, 0.05) is 12.0 Å². The molecule has 0 saturated carbocycles. The van der Waals surface area contributed by atoms with Crippen LogP contribution >= 0.6 is 0 Å².